The summed E-state index contributed by atoms with van der Waals surface area (Å²) in [5, 5.41) is 0. The van der Waals surface area contributed by atoms with Crippen LogP contribution in [-0.4, -0.2) is 42.9 Å². The van der Waals surface area contributed by atoms with Crippen LogP contribution in [0.15, 0.2) is 23.1 Å². The fraction of sp³-hybridized carbons (Fsp3) is 0.588. The lowest BCUT2D eigenvalue weighted by molar-refractivity contribution is -0.128. The fourth-order valence-electron chi connectivity index (χ4n) is 2.79. The Morgan fingerprint density at radius 1 is 1.00 bits per heavy atom. The lowest BCUT2D eigenvalue weighted by Crippen LogP contribution is -2.33. The van der Waals surface area contributed by atoms with Crippen molar-refractivity contribution >= 4 is 17.7 Å². The minimum absolute atomic E-state index is 0.249. The molecule has 2 aliphatic heterocycles. The minimum atomic E-state index is 0.249. The largest absolute Gasteiger partial charge is 0.490 e. The first-order valence-corrected chi connectivity index (χ1v) is 9.12. The Hall–Kier alpha value is -1.36. The van der Waals surface area contributed by atoms with E-state index in [0.717, 1.165) is 48.7 Å². The van der Waals surface area contributed by atoms with Gasteiger partial charge in [-0.2, -0.15) is 0 Å². The molecule has 1 amide bonds. The van der Waals surface area contributed by atoms with E-state index in [1.807, 2.05) is 23.1 Å². The number of likely N-dealkylation sites (tertiary alicyclic amines) is 1. The lowest BCUT2D eigenvalue weighted by Gasteiger charge is -2.20. The number of thioether (sulfide) groups is 1. The van der Waals surface area contributed by atoms with Gasteiger partial charge in [-0.3, -0.25) is 4.79 Å². The molecule has 0 unspecified atom stereocenters. The predicted molar refractivity (Wildman–Crippen MR) is 87.8 cm³/mol. The van der Waals surface area contributed by atoms with Gasteiger partial charge >= 0.3 is 0 Å². The van der Waals surface area contributed by atoms with Crippen LogP contribution in [0.2, 0.25) is 0 Å². The minimum Gasteiger partial charge on any atom is -0.490 e. The third-order valence-electron chi connectivity index (χ3n) is 4.04. The van der Waals surface area contributed by atoms with Gasteiger partial charge in [0.1, 0.15) is 0 Å². The van der Waals surface area contributed by atoms with Crippen LogP contribution in [-0.2, 0) is 4.79 Å². The molecule has 0 atom stereocenters. The van der Waals surface area contributed by atoms with Gasteiger partial charge in [-0.25, -0.2) is 0 Å². The monoisotopic (exact) mass is 321 g/mol. The van der Waals surface area contributed by atoms with Crippen LogP contribution >= 0.6 is 11.8 Å². The van der Waals surface area contributed by atoms with Gasteiger partial charge < -0.3 is 14.4 Å². The first kappa shape index (κ1) is 15.5. The number of nitrogens with zero attached hydrogens (tertiary/aromatic N) is 1. The number of carbonyl (C=O) groups excluding carboxylic acids is 1. The van der Waals surface area contributed by atoms with Gasteiger partial charge in [-0.15, -0.1) is 11.8 Å². The maximum atomic E-state index is 12.3. The zero-order chi connectivity index (χ0) is 15.2. The average Bonchev–Trinajstić information content (AvgIpc) is 2.94. The number of hydrogen-bond acceptors (Lipinski definition) is 4. The van der Waals surface area contributed by atoms with Gasteiger partial charge in [-0.1, -0.05) is 12.8 Å². The van der Waals surface area contributed by atoms with Gasteiger partial charge in [0.2, 0.25) is 5.91 Å². The molecule has 0 bridgehead atoms. The normalized spacial score (nSPS) is 18.5. The lowest BCUT2D eigenvalue weighted by atomic mass is 10.2. The molecule has 0 spiro atoms. The Morgan fingerprint density at radius 3 is 2.50 bits per heavy atom. The van der Waals surface area contributed by atoms with Gasteiger partial charge in [-0.05, 0) is 31.0 Å². The van der Waals surface area contributed by atoms with Crippen LogP contribution in [0, 0.1) is 0 Å². The summed E-state index contributed by atoms with van der Waals surface area (Å²) in [5.41, 5.74) is 0. The molecular weight excluding hydrogens is 298 g/mol. The van der Waals surface area contributed by atoms with Crippen molar-refractivity contribution in [1.29, 1.82) is 0 Å². The highest BCUT2D eigenvalue weighted by Crippen LogP contribution is 2.34. The van der Waals surface area contributed by atoms with Gasteiger partial charge in [0.05, 0.1) is 19.0 Å². The molecule has 22 heavy (non-hydrogen) atoms. The maximum absolute atomic E-state index is 12.3. The summed E-state index contributed by atoms with van der Waals surface area (Å²) in [4.78, 5) is 15.4. The van der Waals surface area contributed by atoms with E-state index in [0.29, 0.717) is 19.0 Å². The molecule has 3 rings (SSSR count). The number of fused-ring (bicyclic) bond motifs is 1. The SMILES string of the molecule is O=C(CSc1ccc2c(c1)OCCCO2)N1CCCCCC1. The standard InChI is InChI=1S/C17H23NO3S/c19-17(18-8-3-1-2-4-9-18)13-22-14-6-7-15-16(12-14)21-11-5-10-20-15/h6-7,12H,1-5,8-11,13H2. The molecule has 1 fully saturated rings. The van der Waals surface area contributed by atoms with Gasteiger partial charge in [0, 0.05) is 24.4 Å². The number of ether oxygens (including phenoxy) is 2. The van der Waals surface area contributed by atoms with Crippen LogP contribution in [0.4, 0.5) is 0 Å². The summed E-state index contributed by atoms with van der Waals surface area (Å²) in [5.74, 6) is 2.35. The molecule has 1 aromatic rings. The second kappa shape index (κ2) is 7.77. The second-order valence-corrected chi connectivity index (χ2v) is 6.79. The molecule has 0 saturated carbocycles. The molecule has 0 aromatic heterocycles. The zero-order valence-corrected chi connectivity index (χ0v) is 13.7. The van der Waals surface area contributed by atoms with Crippen LogP contribution in [0.3, 0.4) is 0 Å². The molecule has 1 aromatic carbocycles. The summed E-state index contributed by atoms with van der Waals surface area (Å²) in [6, 6.07) is 5.94. The molecule has 0 radical (unpaired) electrons. The number of benzene rings is 1. The first-order chi connectivity index (χ1) is 10.8. The van der Waals surface area contributed by atoms with E-state index in [9.17, 15) is 4.79 Å². The fourth-order valence-corrected chi connectivity index (χ4v) is 3.62. The predicted octanol–water partition coefficient (Wildman–Crippen LogP) is 3.34. The topological polar surface area (TPSA) is 38.8 Å². The molecule has 1 saturated heterocycles. The summed E-state index contributed by atoms with van der Waals surface area (Å²) in [7, 11) is 0. The second-order valence-electron chi connectivity index (χ2n) is 5.74. The highest BCUT2D eigenvalue weighted by molar-refractivity contribution is 8.00. The van der Waals surface area contributed by atoms with Crippen LogP contribution in [0.25, 0.3) is 0 Å². The van der Waals surface area contributed by atoms with E-state index in [1.54, 1.807) is 11.8 Å². The van der Waals surface area contributed by atoms with Gasteiger partial charge in [0.25, 0.3) is 0 Å². The Morgan fingerprint density at radius 2 is 1.73 bits per heavy atom. The van der Waals surface area contributed by atoms with Gasteiger partial charge in [0.15, 0.2) is 11.5 Å². The van der Waals surface area contributed by atoms with Crippen molar-refractivity contribution in [3.63, 3.8) is 0 Å². The highest BCUT2D eigenvalue weighted by atomic mass is 32.2. The summed E-state index contributed by atoms with van der Waals surface area (Å²) < 4.78 is 11.3. The van der Waals surface area contributed by atoms with E-state index in [2.05, 4.69) is 0 Å². The number of carbonyl (C=O) groups is 1. The Kier molecular flexibility index (Phi) is 5.48. The molecule has 5 heteroatoms. The average molecular weight is 321 g/mol. The van der Waals surface area contributed by atoms with E-state index in [4.69, 9.17) is 9.47 Å². The van der Waals surface area contributed by atoms with E-state index >= 15 is 0 Å². The van der Waals surface area contributed by atoms with Crippen molar-refractivity contribution in [1.82, 2.24) is 4.90 Å². The number of rotatable bonds is 3. The van der Waals surface area contributed by atoms with E-state index in [-0.39, 0.29) is 5.91 Å². The highest BCUT2D eigenvalue weighted by Gasteiger charge is 2.16. The van der Waals surface area contributed by atoms with Crippen molar-refractivity contribution in [3.05, 3.63) is 18.2 Å². The molecule has 0 N–H and O–H groups in total. The van der Waals surface area contributed by atoms with E-state index in [1.165, 1.54) is 12.8 Å². The molecule has 120 valence electrons. The number of hydrogen-bond donors (Lipinski definition) is 0. The Labute approximate surface area is 136 Å². The Balaban J connectivity index is 1.56. The molecule has 2 aliphatic rings. The molecular formula is C17H23NO3S. The Bertz CT molecular complexity index is 513. The quantitative estimate of drug-likeness (QED) is 0.800. The van der Waals surface area contributed by atoms with Crippen LogP contribution in [0.1, 0.15) is 32.1 Å². The zero-order valence-electron chi connectivity index (χ0n) is 12.9. The summed E-state index contributed by atoms with van der Waals surface area (Å²) in [6.07, 6.45) is 5.68. The van der Waals surface area contributed by atoms with Crippen molar-refractivity contribution < 1.29 is 14.3 Å². The van der Waals surface area contributed by atoms with Crippen LogP contribution < -0.4 is 9.47 Å². The van der Waals surface area contributed by atoms with Crippen molar-refractivity contribution in [2.75, 3.05) is 32.1 Å². The van der Waals surface area contributed by atoms with Crippen molar-refractivity contribution in [2.24, 2.45) is 0 Å². The third kappa shape index (κ3) is 4.09. The van der Waals surface area contributed by atoms with Crippen molar-refractivity contribution in [2.45, 2.75) is 37.0 Å². The van der Waals surface area contributed by atoms with E-state index < -0.39 is 0 Å². The molecule has 2 heterocycles. The third-order valence-corrected chi connectivity index (χ3v) is 5.02. The molecule has 4 nitrogen and oxygen atoms in total. The summed E-state index contributed by atoms with van der Waals surface area (Å²) in [6.45, 7) is 3.22. The van der Waals surface area contributed by atoms with Crippen molar-refractivity contribution in [3.8, 4) is 11.5 Å². The molecule has 0 aliphatic carbocycles. The summed E-state index contributed by atoms with van der Waals surface area (Å²) >= 11 is 1.58. The number of amides is 1. The first-order valence-electron chi connectivity index (χ1n) is 8.13. The van der Waals surface area contributed by atoms with Crippen LogP contribution in [0.5, 0.6) is 11.5 Å². The maximum Gasteiger partial charge on any atom is 0.232 e. The smallest absolute Gasteiger partial charge is 0.232 e.